The first-order valence-corrected chi connectivity index (χ1v) is 7.30. The van der Waals surface area contributed by atoms with E-state index in [9.17, 15) is 5.11 Å². The van der Waals surface area contributed by atoms with Crippen LogP contribution in [-0.4, -0.2) is 36.8 Å². The lowest BCUT2D eigenvalue weighted by molar-refractivity contribution is 0.255. The van der Waals surface area contributed by atoms with Crippen LogP contribution in [0.3, 0.4) is 0 Å². The number of rotatable bonds is 4. The number of hydrogen-bond donors (Lipinski definition) is 2. The van der Waals surface area contributed by atoms with Gasteiger partial charge in [0.05, 0.1) is 6.61 Å². The van der Waals surface area contributed by atoms with Gasteiger partial charge in [-0.2, -0.15) is 0 Å². The van der Waals surface area contributed by atoms with Crippen molar-refractivity contribution in [1.82, 2.24) is 4.90 Å². The highest BCUT2D eigenvalue weighted by molar-refractivity contribution is 5.35. The molecule has 1 heterocycles. The van der Waals surface area contributed by atoms with Gasteiger partial charge >= 0.3 is 0 Å². The molecule has 0 spiro atoms. The van der Waals surface area contributed by atoms with Gasteiger partial charge in [0.25, 0.3) is 0 Å². The van der Waals surface area contributed by atoms with E-state index < -0.39 is 0 Å². The lowest BCUT2D eigenvalue weighted by Gasteiger charge is -2.21. The summed E-state index contributed by atoms with van der Waals surface area (Å²) in [6.07, 6.45) is 3.42. The Bertz CT molecular complexity index is 439. The fourth-order valence-corrected chi connectivity index (χ4v) is 3.41. The number of aliphatic hydroxyl groups is 1. The van der Waals surface area contributed by atoms with Crippen LogP contribution >= 0.6 is 0 Å². The predicted octanol–water partition coefficient (Wildman–Crippen LogP) is 1.66. The van der Waals surface area contributed by atoms with Crippen LogP contribution in [0.25, 0.3) is 0 Å². The molecule has 2 aliphatic rings. The van der Waals surface area contributed by atoms with Crippen molar-refractivity contribution < 1.29 is 5.11 Å². The number of hydrogen-bond acceptors (Lipinski definition) is 3. The van der Waals surface area contributed by atoms with Gasteiger partial charge in [-0.15, -0.1) is 0 Å². The molecule has 3 heteroatoms. The first kappa shape index (κ1) is 13.1. The number of nitrogens with zero attached hydrogens (tertiary/aromatic N) is 1. The average Bonchev–Trinajstić information content (AvgIpc) is 3.16. The highest BCUT2D eigenvalue weighted by Crippen LogP contribution is 2.48. The van der Waals surface area contributed by atoms with Crippen molar-refractivity contribution in [2.45, 2.75) is 30.7 Å². The highest BCUT2D eigenvalue weighted by Gasteiger charge is 2.43. The maximum absolute atomic E-state index is 9.48. The van der Waals surface area contributed by atoms with Gasteiger partial charge in [-0.05, 0) is 49.9 Å². The Kier molecular flexibility index (Phi) is 3.37. The average molecular weight is 260 g/mol. The molecule has 3 rings (SSSR count). The van der Waals surface area contributed by atoms with Gasteiger partial charge in [0.1, 0.15) is 0 Å². The van der Waals surface area contributed by atoms with Crippen molar-refractivity contribution in [2.75, 3.05) is 26.7 Å². The molecular weight excluding hydrogens is 236 g/mol. The zero-order valence-electron chi connectivity index (χ0n) is 11.7. The van der Waals surface area contributed by atoms with Crippen LogP contribution in [-0.2, 0) is 5.41 Å². The first-order valence-electron chi connectivity index (χ1n) is 7.30. The molecular formula is C16H24N2O. The van der Waals surface area contributed by atoms with Gasteiger partial charge in [0, 0.05) is 18.0 Å². The SMILES string of the molecule is CN1CC(CN)CC1c1ccc(C2(CO)CC2)cc1. The van der Waals surface area contributed by atoms with Crippen LogP contribution in [0.15, 0.2) is 24.3 Å². The maximum Gasteiger partial charge on any atom is 0.0527 e. The Morgan fingerprint density at radius 3 is 2.47 bits per heavy atom. The van der Waals surface area contributed by atoms with E-state index in [-0.39, 0.29) is 12.0 Å². The second-order valence-corrected chi connectivity index (χ2v) is 6.35. The molecule has 0 aromatic heterocycles. The maximum atomic E-state index is 9.48. The summed E-state index contributed by atoms with van der Waals surface area (Å²) in [5.74, 6) is 0.627. The van der Waals surface area contributed by atoms with E-state index in [2.05, 4.69) is 36.2 Å². The van der Waals surface area contributed by atoms with Crippen molar-refractivity contribution in [3.8, 4) is 0 Å². The van der Waals surface area contributed by atoms with Crippen molar-refractivity contribution in [3.63, 3.8) is 0 Å². The van der Waals surface area contributed by atoms with Gasteiger partial charge in [-0.25, -0.2) is 0 Å². The topological polar surface area (TPSA) is 49.5 Å². The van der Waals surface area contributed by atoms with Crippen LogP contribution in [0.4, 0.5) is 0 Å². The second kappa shape index (κ2) is 4.89. The van der Waals surface area contributed by atoms with Crippen LogP contribution in [0, 0.1) is 5.92 Å². The van der Waals surface area contributed by atoms with E-state index in [1.54, 1.807) is 0 Å². The summed E-state index contributed by atoms with van der Waals surface area (Å²) in [6.45, 7) is 2.17. The molecule has 1 saturated heterocycles. The molecule has 3 N–H and O–H groups in total. The molecule has 1 aliphatic heterocycles. The number of nitrogens with two attached hydrogens (primary N) is 1. The third kappa shape index (κ3) is 2.31. The lowest BCUT2D eigenvalue weighted by atomic mass is 9.93. The minimum Gasteiger partial charge on any atom is -0.395 e. The fraction of sp³-hybridized carbons (Fsp3) is 0.625. The zero-order chi connectivity index (χ0) is 13.5. The van der Waals surface area contributed by atoms with Crippen molar-refractivity contribution in [3.05, 3.63) is 35.4 Å². The molecule has 0 radical (unpaired) electrons. The normalized spacial score (nSPS) is 29.6. The van der Waals surface area contributed by atoms with Gasteiger partial charge < -0.3 is 10.8 Å². The summed E-state index contributed by atoms with van der Waals surface area (Å²) in [6, 6.07) is 9.41. The summed E-state index contributed by atoms with van der Waals surface area (Å²) in [4.78, 5) is 2.41. The largest absolute Gasteiger partial charge is 0.395 e. The quantitative estimate of drug-likeness (QED) is 0.865. The van der Waals surface area contributed by atoms with Gasteiger partial charge in [-0.3, -0.25) is 4.90 Å². The van der Waals surface area contributed by atoms with E-state index in [4.69, 9.17) is 5.73 Å². The standard InChI is InChI=1S/C16H24N2O/c1-18-10-12(9-17)8-15(18)13-2-4-14(5-3-13)16(11-19)6-7-16/h2-5,12,15,19H,6-11,17H2,1H3. The van der Waals surface area contributed by atoms with E-state index >= 15 is 0 Å². The Hall–Kier alpha value is -0.900. The molecule has 19 heavy (non-hydrogen) atoms. The zero-order valence-corrected chi connectivity index (χ0v) is 11.7. The van der Waals surface area contributed by atoms with Crippen molar-refractivity contribution >= 4 is 0 Å². The molecule has 3 nitrogen and oxygen atoms in total. The smallest absolute Gasteiger partial charge is 0.0527 e. The fourth-order valence-electron chi connectivity index (χ4n) is 3.41. The van der Waals surface area contributed by atoms with Gasteiger partial charge in [0.2, 0.25) is 0 Å². The molecule has 1 saturated carbocycles. The molecule has 0 bridgehead atoms. The van der Waals surface area contributed by atoms with Gasteiger partial charge in [-0.1, -0.05) is 24.3 Å². The molecule has 0 amide bonds. The molecule has 1 aromatic carbocycles. The Balaban J connectivity index is 1.76. The van der Waals surface area contributed by atoms with E-state index in [1.807, 2.05) is 0 Å². The van der Waals surface area contributed by atoms with Crippen molar-refractivity contribution in [2.24, 2.45) is 11.7 Å². The van der Waals surface area contributed by atoms with Crippen LogP contribution < -0.4 is 5.73 Å². The molecule has 2 atom stereocenters. The number of benzene rings is 1. The van der Waals surface area contributed by atoms with Crippen LogP contribution in [0.5, 0.6) is 0 Å². The summed E-state index contributed by atoms with van der Waals surface area (Å²) < 4.78 is 0. The Morgan fingerprint density at radius 2 is 2.00 bits per heavy atom. The van der Waals surface area contributed by atoms with E-state index in [0.29, 0.717) is 12.0 Å². The second-order valence-electron chi connectivity index (χ2n) is 6.35. The molecule has 104 valence electrons. The number of aliphatic hydroxyl groups excluding tert-OH is 1. The highest BCUT2D eigenvalue weighted by atomic mass is 16.3. The minimum atomic E-state index is 0.0832. The summed E-state index contributed by atoms with van der Waals surface area (Å²) in [5.41, 5.74) is 8.56. The minimum absolute atomic E-state index is 0.0832. The third-order valence-corrected chi connectivity index (χ3v) is 5.03. The molecule has 1 aromatic rings. The van der Waals surface area contributed by atoms with Crippen LogP contribution in [0.2, 0.25) is 0 Å². The first-order chi connectivity index (χ1) is 9.18. The van der Waals surface area contributed by atoms with Crippen molar-refractivity contribution in [1.29, 1.82) is 0 Å². The van der Waals surface area contributed by atoms with Gasteiger partial charge in [0.15, 0.2) is 0 Å². The lowest BCUT2D eigenvalue weighted by Crippen LogP contribution is -2.20. The molecule has 1 aliphatic carbocycles. The predicted molar refractivity (Wildman–Crippen MR) is 77.0 cm³/mol. The third-order valence-electron chi connectivity index (χ3n) is 5.03. The van der Waals surface area contributed by atoms with E-state index in [0.717, 1.165) is 32.4 Å². The Labute approximate surface area is 115 Å². The van der Waals surface area contributed by atoms with Crippen LogP contribution in [0.1, 0.15) is 36.4 Å². The van der Waals surface area contributed by atoms with E-state index in [1.165, 1.54) is 11.1 Å². The molecule has 2 fully saturated rings. The summed E-state index contributed by atoms with van der Waals surface area (Å²) in [5, 5.41) is 9.48. The summed E-state index contributed by atoms with van der Waals surface area (Å²) in [7, 11) is 2.18. The monoisotopic (exact) mass is 260 g/mol. The molecule has 2 unspecified atom stereocenters. The number of likely N-dealkylation sites (tertiary alicyclic amines) is 1. The summed E-state index contributed by atoms with van der Waals surface area (Å²) >= 11 is 0. The Morgan fingerprint density at radius 1 is 1.32 bits per heavy atom.